The Bertz CT molecular complexity index is 1140. The van der Waals surface area contributed by atoms with Crippen molar-refractivity contribution in [1.29, 1.82) is 0 Å². The van der Waals surface area contributed by atoms with Gasteiger partial charge in [0, 0.05) is 48.5 Å². The number of carbonyl (C=O) groups excluding carboxylic acids is 1. The van der Waals surface area contributed by atoms with Gasteiger partial charge in [0.1, 0.15) is 5.82 Å². The molecular formula is C24H22ClN5OS. The van der Waals surface area contributed by atoms with Crippen LogP contribution < -0.4 is 10.2 Å². The normalized spacial score (nSPS) is 10.7. The van der Waals surface area contributed by atoms with Gasteiger partial charge in [-0.05, 0) is 41.0 Å². The second-order valence-corrected chi connectivity index (χ2v) is 8.44. The fourth-order valence-electron chi connectivity index (χ4n) is 3.16. The van der Waals surface area contributed by atoms with E-state index in [2.05, 4.69) is 14.7 Å². The largest absolute Gasteiger partial charge is 0.350 e. The summed E-state index contributed by atoms with van der Waals surface area (Å²) in [6, 6.07) is 21.5. The Balaban J connectivity index is 1.45. The smallest absolute Gasteiger partial charge is 0.239 e. The van der Waals surface area contributed by atoms with Crippen LogP contribution in [0.2, 0.25) is 5.02 Å². The number of amides is 1. The topological polar surface area (TPSA) is 71.0 Å². The summed E-state index contributed by atoms with van der Waals surface area (Å²) in [6.45, 7) is 1.22. The summed E-state index contributed by atoms with van der Waals surface area (Å²) in [5, 5.41) is 4.39. The Morgan fingerprint density at radius 3 is 2.44 bits per heavy atom. The van der Waals surface area contributed by atoms with Gasteiger partial charge in [-0.25, -0.2) is 4.98 Å². The van der Waals surface area contributed by atoms with Gasteiger partial charge < -0.3 is 10.2 Å². The van der Waals surface area contributed by atoms with Crippen molar-refractivity contribution in [2.45, 2.75) is 19.5 Å². The van der Waals surface area contributed by atoms with E-state index >= 15 is 0 Å². The van der Waals surface area contributed by atoms with Crippen molar-refractivity contribution in [3.05, 3.63) is 107 Å². The number of anilines is 1. The van der Waals surface area contributed by atoms with E-state index in [1.807, 2.05) is 71.6 Å². The van der Waals surface area contributed by atoms with Crippen LogP contribution in [0.15, 0.2) is 79.1 Å². The predicted octanol–water partition coefficient (Wildman–Crippen LogP) is 4.50. The highest BCUT2D eigenvalue weighted by molar-refractivity contribution is 7.09. The van der Waals surface area contributed by atoms with Gasteiger partial charge in [-0.2, -0.15) is 4.37 Å². The number of pyridine rings is 1. The number of nitrogens with one attached hydrogen (secondary N) is 1. The maximum absolute atomic E-state index is 12.7. The van der Waals surface area contributed by atoms with E-state index in [-0.39, 0.29) is 12.5 Å². The average Bonchev–Trinajstić information content (AvgIpc) is 3.29. The molecule has 0 aliphatic rings. The second kappa shape index (κ2) is 10.8. The summed E-state index contributed by atoms with van der Waals surface area (Å²) in [6.07, 6.45) is 4.04. The van der Waals surface area contributed by atoms with E-state index in [1.165, 1.54) is 11.5 Å². The van der Waals surface area contributed by atoms with E-state index < -0.39 is 0 Å². The number of nitrogens with zero attached hydrogens (tertiary/aromatic N) is 4. The molecule has 32 heavy (non-hydrogen) atoms. The molecule has 0 unspecified atom stereocenters. The van der Waals surface area contributed by atoms with Crippen molar-refractivity contribution < 1.29 is 4.79 Å². The monoisotopic (exact) mass is 463 g/mol. The maximum Gasteiger partial charge on any atom is 0.239 e. The lowest BCUT2D eigenvalue weighted by molar-refractivity contribution is -0.119. The molecule has 2 heterocycles. The minimum absolute atomic E-state index is 0.0767. The summed E-state index contributed by atoms with van der Waals surface area (Å²) in [5.74, 6) is 0.648. The van der Waals surface area contributed by atoms with Crippen molar-refractivity contribution >= 4 is 34.2 Å². The van der Waals surface area contributed by atoms with Crippen molar-refractivity contribution in [2.75, 3.05) is 11.4 Å². The molecular weight excluding hydrogens is 442 g/mol. The SMILES string of the molecule is O=C(CN(Cc1ccccc1)c1nc(Cc2ccc(Cl)cc2)ns1)NCc1ccncc1. The summed E-state index contributed by atoms with van der Waals surface area (Å²) in [4.78, 5) is 23.4. The van der Waals surface area contributed by atoms with Gasteiger partial charge in [0.15, 0.2) is 0 Å². The molecule has 0 fully saturated rings. The van der Waals surface area contributed by atoms with Crippen LogP contribution in [0.4, 0.5) is 5.13 Å². The number of carbonyl (C=O) groups is 1. The molecule has 4 rings (SSSR count). The van der Waals surface area contributed by atoms with Gasteiger partial charge in [0.25, 0.3) is 0 Å². The molecule has 2 aromatic heterocycles. The molecule has 0 bridgehead atoms. The molecule has 1 amide bonds. The number of hydrogen-bond donors (Lipinski definition) is 1. The number of halogens is 1. The predicted molar refractivity (Wildman–Crippen MR) is 128 cm³/mol. The maximum atomic E-state index is 12.7. The van der Waals surface area contributed by atoms with Gasteiger partial charge in [0.05, 0.1) is 6.54 Å². The Kier molecular flexibility index (Phi) is 7.42. The molecule has 6 nitrogen and oxygen atoms in total. The summed E-state index contributed by atoms with van der Waals surface area (Å²) in [5.41, 5.74) is 3.19. The molecule has 2 aromatic carbocycles. The van der Waals surface area contributed by atoms with Gasteiger partial charge in [-0.1, -0.05) is 54.1 Å². The quantitative estimate of drug-likeness (QED) is 0.395. The van der Waals surface area contributed by atoms with Gasteiger partial charge in [0.2, 0.25) is 11.0 Å². The first kappa shape index (κ1) is 21.9. The van der Waals surface area contributed by atoms with E-state index in [0.29, 0.717) is 24.5 Å². The third kappa shape index (κ3) is 6.35. The van der Waals surface area contributed by atoms with E-state index in [1.54, 1.807) is 12.4 Å². The fourth-order valence-corrected chi connectivity index (χ4v) is 3.96. The molecule has 0 aliphatic heterocycles. The molecule has 8 heteroatoms. The Morgan fingerprint density at radius 2 is 1.69 bits per heavy atom. The van der Waals surface area contributed by atoms with Crippen LogP contribution in [0.3, 0.4) is 0 Å². The Labute approximate surface area is 196 Å². The zero-order valence-corrected chi connectivity index (χ0v) is 18.9. The van der Waals surface area contributed by atoms with Crippen LogP contribution in [-0.4, -0.2) is 26.8 Å². The van der Waals surface area contributed by atoms with Crippen LogP contribution >= 0.6 is 23.1 Å². The minimum atomic E-state index is -0.0767. The second-order valence-electron chi connectivity index (χ2n) is 7.27. The lowest BCUT2D eigenvalue weighted by atomic mass is 10.1. The van der Waals surface area contributed by atoms with Crippen molar-refractivity contribution in [3.63, 3.8) is 0 Å². The van der Waals surface area contributed by atoms with Crippen molar-refractivity contribution in [3.8, 4) is 0 Å². The molecule has 1 N–H and O–H groups in total. The zero-order valence-electron chi connectivity index (χ0n) is 17.3. The molecule has 0 spiro atoms. The third-order valence-electron chi connectivity index (χ3n) is 4.79. The molecule has 0 saturated heterocycles. The zero-order chi connectivity index (χ0) is 22.2. The third-order valence-corrected chi connectivity index (χ3v) is 5.86. The number of hydrogen-bond acceptors (Lipinski definition) is 6. The van der Waals surface area contributed by atoms with Gasteiger partial charge in [-0.15, -0.1) is 0 Å². The lowest BCUT2D eigenvalue weighted by Crippen LogP contribution is -2.36. The first-order valence-corrected chi connectivity index (χ1v) is 11.3. The summed E-state index contributed by atoms with van der Waals surface area (Å²) in [7, 11) is 0. The molecule has 0 saturated carbocycles. The Hall–Kier alpha value is -3.29. The number of aromatic nitrogens is 3. The van der Waals surface area contributed by atoms with Crippen molar-refractivity contribution in [2.24, 2.45) is 0 Å². The van der Waals surface area contributed by atoms with Gasteiger partial charge >= 0.3 is 0 Å². The minimum Gasteiger partial charge on any atom is -0.350 e. The number of benzene rings is 2. The summed E-state index contributed by atoms with van der Waals surface area (Å²) < 4.78 is 4.51. The highest BCUT2D eigenvalue weighted by Gasteiger charge is 2.17. The highest BCUT2D eigenvalue weighted by atomic mass is 35.5. The average molecular weight is 464 g/mol. The molecule has 0 atom stereocenters. The van der Waals surface area contributed by atoms with E-state index in [0.717, 1.165) is 27.6 Å². The standard InChI is InChI=1S/C24H22ClN5OS/c25-21-8-6-18(7-9-21)14-22-28-24(32-29-22)30(16-20-4-2-1-3-5-20)17-23(31)27-15-19-10-12-26-13-11-19/h1-13H,14-17H2,(H,27,31). The van der Waals surface area contributed by atoms with Gasteiger partial charge in [-0.3, -0.25) is 9.78 Å². The van der Waals surface area contributed by atoms with Crippen LogP contribution in [0.25, 0.3) is 0 Å². The van der Waals surface area contributed by atoms with Crippen LogP contribution in [0, 0.1) is 0 Å². The summed E-state index contributed by atoms with van der Waals surface area (Å²) >= 11 is 7.28. The first-order valence-electron chi connectivity index (χ1n) is 10.2. The highest BCUT2D eigenvalue weighted by Crippen LogP contribution is 2.21. The molecule has 4 aromatic rings. The lowest BCUT2D eigenvalue weighted by Gasteiger charge is -2.21. The number of rotatable bonds is 9. The molecule has 0 radical (unpaired) electrons. The van der Waals surface area contributed by atoms with E-state index in [4.69, 9.17) is 16.6 Å². The fraction of sp³-hybridized carbons (Fsp3) is 0.167. The molecule has 162 valence electrons. The first-order chi connectivity index (χ1) is 15.7. The van der Waals surface area contributed by atoms with Crippen molar-refractivity contribution in [1.82, 2.24) is 19.7 Å². The Morgan fingerprint density at radius 1 is 0.938 bits per heavy atom. The molecule has 0 aliphatic carbocycles. The van der Waals surface area contributed by atoms with Crippen LogP contribution in [-0.2, 0) is 24.3 Å². The van der Waals surface area contributed by atoms with Crippen LogP contribution in [0.1, 0.15) is 22.5 Å². The van der Waals surface area contributed by atoms with E-state index in [9.17, 15) is 4.79 Å². The van der Waals surface area contributed by atoms with Crippen LogP contribution in [0.5, 0.6) is 0 Å².